The molecule has 0 amide bonds. The number of methoxy groups -OCH3 is 1. The number of rotatable bonds is 5. The maximum Gasteiger partial charge on any atom is 0.324 e. The zero-order chi connectivity index (χ0) is 20.6. The topological polar surface area (TPSA) is 81.5 Å². The molecule has 0 unspecified atom stereocenters. The highest BCUT2D eigenvalue weighted by Crippen LogP contribution is 2.31. The van der Waals surface area contributed by atoms with Crippen molar-refractivity contribution in [2.45, 2.75) is 29.8 Å². The standard InChI is InChI=1S/C19H18ClN3O4S2/c1-27-19(24)16-9-15-17(11-23(16)29(25,26)18-3-2-8-28-18)22(12-21-15)10-13-4-6-14(20)7-5-13/h2-8,12,16H,9-11H2,1H3/t16-/m0/s1. The van der Waals surface area contributed by atoms with E-state index in [4.69, 9.17) is 16.3 Å². The quantitative estimate of drug-likeness (QED) is 0.557. The first-order valence-electron chi connectivity index (χ1n) is 8.80. The van der Waals surface area contributed by atoms with Crippen LogP contribution in [0.25, 0.3) is 0 Å². The van der Waals surface area contributed by atoms with E-state index in [0.717, 1.165) is 22.6 Å². The number of nitrogens with zero attached hydrogens (tertiary/aromatic N) is 3. The van der Waals surface area contributed by atoms with E-state index >= 15 is 0 Å². The average molecular weight is 452 g/mol. The fraction of sp³-hybridized carbons (Fsp3) is 0.263. The zero-order valence-corrected chi connectivity index (χ0v) is 17.9. The Balaban J connectivity index is 1.71. The summed E-state index contributed by atoms with van der Waals surface area (Å²) in [5.74, 6) is -0.594. The van der Waals surface area contributed by atoms with E-state index < -0.39 is 22.0 Å². The van der Waals surface area contributed by atoms with E-state index in [9.17, 15) is 13.2 Å². The van der Waals surface area contributed by atoms with Gasteiger partial charge < -0.3 is 9.30 Å². The molecule has 1 aliphatic rings. The Kier molecular flexibility index (Phi) is 5.48. The highest BCUT2D eigenvalue weighted by molar-refractivity contribution is 7.91. The smallest absolute Gasteiger partial charge is 0.324 e. The minimum Gasteiger partial charge on any atom is -0.468 e. The second-order valence-corrected chi connectivity index (χ2v) is 10.1. The molecule has 0 fully saturated rings. The van der Waals surface area contributed by atoms with Crippen LogP contribution in [0.15, 0.2) is 52.3 Å². The highest BCUT2D eigenvalue weighted by atomic mass is 35.5. The zero-order valence-electron chi connectivity index (χ0n) is 15.5. The molecule has 0 radical (unpaired) electrons. The van der Waals surface area contributed by atoms with Crippen LogP contribution in [-0.4, -0.2) is 41.4 Å². The molecule has 29 heavy (non-hydrogen) atoms. The van der Waals surface area contributed by atoms with Gasteiger partial charge in [0.15, 0.2) is 0 Å². The molecule has 0 bridgehead atoms. The number of hydrogen-bond donors (Lipinski definition) is 0. The lowest BCUT2D eigenvalue weighted by Crippen LogP contribution is -2.49. The van der Waals surface area contributed by atoms with Crippen LogP contribution in [-0.2, 0) is 39.1 Å². The molecule has 3 heterocycles. The van der Waals surface area contributed by atoms with Crippen LogP contribution in [0.5, 0.6) is 0 Å². The molecule has 0 saturated carbocycles. The average Bonchev–Trinajstić information content (AvgIpc) is 3.39. The number of fused-ring (bicyclic) bond motifs is 1. The van der Waals surface area contributed by atoms with Crippen LogP contribution in [0.2, 0.25) is 5.02 Å². The van der Waals surface area contributed by atoms with Crippen LogP contribution < -0.4 is 0 Å². The Morgan fingerprint density at radius 3 is 2.72 bits per heavy atom. The van der Waals surface area contributed by atoms with Gasteiger partial charge in [-0.2, -0.15) is 4.31 Å². The van der Waals surface area contributed by atoms with Crippen molar-refractivity contribution < 1.29 is 17.9 Å². The van der Waals surface area contributed by atoms with E-state index in [-0.39, 0.29) is 17.2 Å². The number of ether oxygens (including phenoxy) is 1. The molecule has 1 aliphatic heterocycles. The molecule has 10 heteroatoms. The Morgan fingerprint density at radius 2 is 2.07 bits per heavy atom. The number of halogens is 1. The van der Waals surface area contributed by atoms with Crippen molar-refractivity contribution in [3.63, 3.8) is 0 Å². The molecular weight excluding hydrogens is 434 g/mol. The fourth-order valence-electron chi connectivity index (χ4n) is 3.38. The Labute approximate surface area is 177 Å². The lowest BCUT2D eigenvalue weighted by molar-refractivity contribution is -0.145. The van der Waals surface area contributed by atoms with E-state index in [2.05, 4.69) is 4.98 Å². The van der Waals surface area contributed by atoms with Gasteiger partial charge in [-0.3, -0.25) is 4.79 Å². The van der Waals surface area contributed by atoms with Crippen molar-refractivity contribution >= 4 is 38.9 Å². The number of benzene rings is 1. The lowest BCUT2D eigenvalue weighted by atomic mass is 10.1. The van der Waals surface area contributed by atoms with Crippen molar-refractivity contribution in [1.82, 2.24) is 13.9 Å². The van der Waals surface area contributed by atoms with Gasteiger partial charge in [0.2, 0.25) is 0 Å². The summed E-state index contributed by atoms with van der Waals surface area (Å²) in [6.45, 7) is 0.568. The molecule has 4 rings (SSSR count). The van der Waals surface area contributed by atoms with Gasteiger partial charge in [-0.15, -0.1) is 11.3 Å². The maximum atomic E-state index is 13.2. The van der Waals surface area contributed by atoms with Gasteiger partial charge >= 0.3 is 5.97 Å². The van der Waals surface area contributed by atoms with Crippen molar-refractivity contribution in [3.05, 3.63) is 70.1 Å². The number of hydrogen-bond acceptors (Lipinski definition) is 6. The molecule has 152 valence electrons. The third kappa shape index (κ3) is 3.83. The van der Waals surface area contributed by atoms with Gasteiger partial charge in [-0.1, -0.05) is 29.8 Å². The molecule has 7 nitrogen and oxygen atoms in total. The molecule has 0 saturated heterocycles. The second-order valence-electron chi connectivity index (χ2n) is 6.62. The fourth-order valence-corrected chi connectivity index (χ4v) is 6.17. The number of aromatic nitrogens is 2. The number of sulfonamides is 1. The van der Waals surface area contributed by atoms with Crippen LogP contribution in [0.1, 0.15) is 17.0 Å². The summed E-state index contributed by atoms with van der Waals surface area (Å²) in [7, 11) is -2.59. The molecular formula is C19H18ClN3O4S2. The number of thiophene rings is 1. The predicted molar refractivity (Wildman–Crippen MR) is 109 cm³/mol. The molecule has 0 aliphatic carbocycles. The summed E-state index contributed by atoms with van der Waals surface area (Å²) in [4.78, 5) is 16.8. The van der Waals surface area contributed by atoms with Gasteiger partial charge in [0.25, 0.3) is 10.0 Å². The van der Waals surface area contributed by atoms with Crippen molar-refractivity contribution in [2.75, 3.05) is 7.11 Å². The van der Waals surface area contributed by atoms with Gasteiger partial charge in [0, 0.05) is 18.0 Å². The van der Waals surface area contributed by atoms with Gasteiger partial charge in [0.05, 0.1) is 31.4 Å². The second kappa shape index (κ2) is 7.91. The van der Waals surface area contributed by atoms with Crippen molar-refractivity contribution in [2.24, 2.45) is 0 Å². The summed E-state index contributed by atoms with van der Waals surface area (Å²) in [5.41, 5.74) is 2.48. The SMILES string of the molecule is COC(=O)[C@@H]1Cc2ncn(Cc3ccc(Cl)cc3)c2CN1S(=O)(=O)c1cccs1. The van der Waals surface area contributed by atoms with Gasteiger partial charge in [-0.05, 0) is 29.1 Å². The minimum atomic E-state index is -3.85. The van der Waals surface area contributed by atoms with Gasteiger partial charge in [0.1, 0.15) is 10.3 Å². The van der Waals surface area contributed by atoms with Gasteiger partial charge in [-0.25, -0.2) is 13.4 Å². The first kappa shape index (κ1) is 20.1. The Hall–Kier alpha value is -2.20. The number of carbonyl (C=O) groups excluding carboxylic acids is 1. The number of carbonyl (C=O) groups is 1. The number of imidazole rings is 1. The van der Waals surface area contributed by atoms with Crippen LogP contribution in [0.3, 0.4) is 0 Å². The monoisotopic (exact) mass is 451 g/mol. The summed E-state index contributed by atoms with van der Waals surface area (Å²) in [6, 6.07) is 9.70. The third-order valence-electron chi connectivity index (χ3n) is 4.87. The number of esters is 1. The van der Waals surface area contributed by atoms with Crippen LogP contribution in [0.4, 0.5) is 0 Å². The van der Waals surface area contributed by atoms with E-state index in [1.165, 1.54) is 17.5 Å². The minimum absolute atomic E-state index is 0.0446. The van der Waals surface area contributed by atoms with E-state index in [1.54, 1.807) is 29.9 Å². The van der Waals surface area contributed by atoms with Crippen molar-refractivity contribution in [3.8, 4) is 0 Å². The Morgan fingerprint density at radius 1 is 1.31 bits per heavy atom. The van der Waals surface area contributed by atoms with E-state index in [1.807, 2.05) is 16.7 Å². The lowest BCUT2D eigenvalue weighted by Gasteiger charge is -2.32. The molecule has 2 aromatic heterocycles. The molecule has 0 spiro atoms. The summed E-state index contributed by atoms with van der Waals surface area (Å²) in [5, 5.41) is 2.34. The highest BCUT2D eigenvalue weighted by Gasteiger charge is 2.42. The third-order valence-corrected chi connectivity index (χ3v) is 8.35. The van der Waals surface area contributed by atoms with Crippen LogP contribution in [0, 0.1) is 0 Å². The van der Waals surface area contributed by atoms with E-state index in [0.29, 0.717) is 17.3 Å². The largest absolute Gasteiger partial charge is 0.468 e. The maximum absolute atomic E-state index is 13.2. The first-order chi connectivity index (χ1) is 13.9. The summed E-state index contributed by atoms with van der Waals surface area (Å²) >= 11 is 7.07. The molecule has 1 atom stereocenters. The molecule has 3 aromatic rings. The molecule has 1 aromatic carbocycles. The predicted octanol–water partition coefficient (Wildman–Crippen LogP) is 2.93. The van der Waals surface area contributed by atoms with Crippen LogP contribution >= 0.6 is 22.9 Å². The first-order valence-corrected chi connectivity index (χ1v) is 11.5. The Bertz CT molecular complexity index is 1120. The summed E-state index contributed by atoms with van der Waals surface area (Å²) in [6.07, 6.45) is 1.84. The normalized spacial score (nSPS) is 17.1. The van der Waals surface area contributed by atoms with Crippen molar-refractivity contribution in [1.29, 1.82) is 0 Å². The summed E-state index contributed by atoms with van der Waals surface area (Å²) < 4.78 is 34.6. The molecule has 0 N–H and O–H groups in total.